The summed E-state index contributed by atoms with van der Waals surface area (Å²) in [4.78, 5) is 37.7. The predicted octanol–water partition coefficient (Wildman–Crippen LogP) is 4.66. The summed E-state index contributed by atoms with van der Waals surface area (Å²) in [7, 11) is 0. The van der Waals surface area contributed by atoms with Gasteiger partial charge in [-0.3, -0.25) is 9.59 Å². The summed E-state index contributed by atoms with van der Waals surface area (Å²) < 4.78 is 7.18. The molecule has 9 heteroatoms. The molecule has 184 valence electrons. The first-order chi connectivity index (χ1) is 18.0. The minimum absolute atomic E-state index is 0.0284. The van der Waals surface area contributed by atoms with Gasteiger partial charge in [0.05, 0.1) is 5.39 Å². The van der Waals surface area contributed by atoms with Gasteiger partial charge >= 0.3 is 0 Å². The molecule has 0 aliphatic carbocycles. The Hall–Kier alpha value is -4.30. The molecular weight excluding hydrogens is 490 g/mol. The van der Waals surface area contributed by atoms with E-state index in [2.05, 4.69) is 27.3 Å². The number of benzene rings is 2. The Morgan fingerprint density at radius 2 is 1.81 bits per heavy atom. The molecule has 6 rings (SSSR count). The normalized spacial score (nSPS) is 13.1. The van der Waals surface area contributed by atoms with E-state index in [-0.39, 0.29) is 29.3 Å². The number of aryl methyl sites for hydroxylation is 1. The van der Waals surface area contributed by atoms with Crippen LogP contribution in [0.4, 0.5) is 0 Å². The van der Waals surface area contributed by atoms with Crippen LogP contribution >= 0.6 is 11.6 Å². The Bertz CT molecular complexity index is 1710. The standard InChI is InChI=1S/C28H22ClN5O3/c1-17-6-11-22-25(36)23(28-31-26(32-37-28)19-7-9-21(29)10-8-19)15-34(27(22)30-17)16-24(35)33-13-12-18-4-2-3-5-20(18)14-33/h2-11,15H,12-14,16H2,1H3. The zero-order chi connectivity index (χ0) is 25.5. The molecule has 0 unspecified atom stereocenters. The number of carbonyl (C=O) groups excluding carboxylic acids is 1. The van der Waals surface area contributed by atoms with E-state index in [1.165, 1.54) is 5.56 Å². The zero-order valence-corrected chi connectivity index (χ0v) is 20.8. The van der Waals surface area contributed by atoms with Crippen LogP contribution in [0.1, 0.15) is 16.8 Å². The molecule has 8 nitrogen and oxygen atoms in total. The van der Waals surface area contributed by atoms with Gasteiger partial charge in [-0.25, -0.2) is 4.98 Å². The number of rotatable bonds is 4. The van der Waals surface area contributed by atoms with Crippen molar-refractivity contribution in [2.24, 2.45) is 0 Å². The van der Waals surface area contributed by atoms with Crippen molar-refractivity contribution in [2.75, 3.05) is 6.54 Å². The Labute approximate surface area is 217 Å². The molecule has 0 radical (unpaired) electrons. The van der Waals surface area contributed by atoms with E-state index in [1.807, 2.05) is 24.0 Å². The average Bonchev–Trinajstić information content (AvgIpc) is 3.40. The number of pyridine rings is 2. The van der Waals surface area contributed by atoms with Crippen LogP contribution < -0.4 is 5.43 Å². The third-order valence-corrected chi connectivity index (χ3v) is 6.86. The molecular formula is C28H22ClN5O3. The summed E-state index contributed by atoms with van der Waals surface area (Å²) in [6.45, 7) is 3.07. The number of amides is 1. The lowest BCUT2D eigenvalue weighted by atomic mass is 10.00. The van der Waals surface area contributed by atoms with Gasteiger partial charge in [0.15, 0.2) is 0 Å². The first kappa shape index (κ1) is 23.1. The SMILES string of the molecule is Cc1ccc2c(=O)c(-c3nc(-c4ccc(Cl)cc4)no3)cn(CC(=O)N3CCc4ccccc4C3)c2n1. The summed E-state index contributed by atoms with van der Waals surface area (Å²) >= 11 is 5.98. The van der Waals surface area contributed by atoms with Crippen LogP contribution in [-0.4, -0.2) is 37.0 Å². The van der Waals surface area contributed by atoms with Crippen LogP contribution in [0.3, 0.4) is 0 Å². The van der Waals surface area contributed by atoms with Crippen molar-refractivity contribution in [1.29, 1.82) is 0 Å². The quantitative estimate of drug-likeness (QED) is 0.348. The van der Waals surface area contributed by atoms with Crippen molar-refractivity contribution in [3.05, 3.63) is 98.9 Å². The van der Waals surface area contributed by atoms with E-state index >= 15 is 0 Å². The number of nitrogens with zero attached hydrogens (tertiary/aromatic N) is 5. The molecule has 0 bridgehead atoms. The maximum absolute atomic E-state index is 13.4. The molecule has 2 aromatic carbocycles. The van der Waals surface area contributed by atoms with Crippen LogP contribution in [0, 0.1) is 6.92 Å². The van der Waals surface area contributed by atoms with Crippen LogP contribution in [-0.2, 0) is 24.3 Å². The Morgan fingerprint density at radius 3 is 2.62 bits per heavy atom. The number of hydrogen-bond donors (Lipinski definition) is 0. The largest absolute Gasteiger partial charge is 0.336 e. The average molecular weight is 512 g/mol. The molecule has 0 saturated heterocycles. The van der Waals surface area contributed by atoms with Crippen molar-refractivity contribution in [3.63, 3.8) is 0 Å². The van der Waals surface area contributed by atoms with Gasteiger partial charge in [0.2, 0.25) is 17.2 Å². The van der Waals surface area contributed by atoms with Gasteiger partial charge in [-0.15, -0.1) is 0 Å². The molecule has 1 aliphatic heterocycles. The Kier molecular flexibility index (Phi) is 5.81. The lowest BCUT2D eigenvalue weighted by Crippen LogP contribution is -2.38. The molecule has 0 saturated carbocycles. The highest BCUT2D eigenvalue weighted by molar-refractivity contribution is 6.30. The van der Waals surface area contributed by atoms with Gasteiger partial charge in [-0.05, 0) is 60.9 Å². The van der Waals surface area contributed by atoms with Crippen LogP contribution in [0.25, 0.3) is 33.9 Å². The van der Waals surface area contributed by atoms with Gasteiger partial charge in [-0.2, -0.15) is 4.98 Å². The summed E-state index contributed by atoms with van der Waals surface area (Å²) in [5.74, 6) is 0.356. The fourth-order valence-corrected chi connectivity index (χ4v) is 4.76. The van der Waals surface area contributed by atoms with E-state index in [4.69, 9.17) is 16.1 Å². The van der Waals surface area contributed by atoms with Gasteiger partial charge in [0, 0.05) is 35.6 Å². The Balaban J connectivity index is 1.38. The smallest absolute Gasteiger partial charge is 0.263 e. The summed E-state index contributed by atoms with van der Waals surface area (Å²) in [5.41, 5.74) is 4.24. The van der Waals surface area contributed by atoms with Crippen LogP contribution in [0.2, 0.25) is 5.02 Å². The second-order valence-corrected chi connectivity index (χ2v) is 9.52. The van der Waals surface area contributed by atoms with E-state index in [0.717, 1.165) is 17.7 Å². The minimum Gasteiger partial charge on any atom is -0.336 e. The van der Waals surface area contributed by atoms with Crippen molar-refractivity contribution in [2.45, 2.75) is 26.4 Å². The molecule has 4 heterocycles. The lowest BCUT2D eigenvalue weighted by molar-refractivity contribution is -0.132. The third kappa shape index (κ3) is 4.40. The highest BCUT2D eigenvalue weighted by Gasteiger charge is 2.23. The van der Waals surface area contributed by atoms with Crippen molar-refractivity contribution in [1.82, 2.24) is 24.6 Å². The molecule has 0 spiro atoms. The van der Waals surface area contributed by atoms with Gasteiger partial charge in [0.25, 0.3) is 5.89 Å². The van der Waals surface area contributed by atoms with E-state index < -0.39 is 0 Å². The topological polar surface area (TPSA) is 94.1 Å². The second-order valence-electron chi connectivity index (χ2n) is 9.09. The molecule has 0 N–H and O–H groups in total. The number of hydrogen-bond acceptors (Lipinski definition) is 6. The van der Waals surface area contributed by atoms with Crippen LogP contribution in [0.15, 0.2) is 76.2 Å². The highest BCUT2D eigenvalue weighted by atomic mass is 35.5. The zero-order valence-electron chi connectivity index (χ0n) is 20.0. The molecule has 37 heavy (non-hydrogen) atoms. The number of carbonyl (C=O) groups is 1. The first-order valence-electron chi connectivity index (χ1n) is 11.9. The number of aromatic nitrogens is 4. The molecule has 0 fully saturated rings. The molecule has 5 aromatic rings. The predicted molar refractivity (Wildman–Crippen MR) is 140 cm³/mol. The van der Waals surface area contributed by atoms with Gasteiger partial charge in [0.1, 0.15) is 17.8 Å². The van der Waals surface area contributed by atoms with Crippen molar-refractivity contribution in [3.8, 4) is 22.8 Å². The van der Waals surface area contributed by atoms with E-state index in [0.29, 0.717) is 40.5 Å². The summed E-state index contributed by atoms with van der Waals surface area (Å²) in [6.07, 6.45) is 2.40. The third-order valence-electron chi connectivity index (χ3n) is 6.61. The Morgan fingerprint density at radius 1 is 1.03 bits per heavy atom. The minimum atomic E-state index is -0.288. The van der Waals surface area contributed by atoms with E-state index in [1.54, 1.807) is 47.2 Å². The summed E-state index contributed by atoms with van der Waals surface area (Å²) in [5, 5.41) is 5.02. The fourth-order valence-electron chi connectivity index (χ4n) is 4.64. The van der Waals surface area contributed by atoms with Crippen LogP contribution in [0.5, 0.6) is 0 Å². The van der Waals surface area contributed by atoms with Crippen molar-refractivity contribution >= 4 is 28.5 Å². The first-order valence-corrected chi connectivity index (χ1v) is 12.3. The maximum Gasteiger partial charge on any atom is 0.263 e. The fraction of sp³-hybridized carbons (Fsp3) is 0.179. The summed E-state index contributed by atoms with van der Waals surface area (Å²) in [6, 6.07) is 18.7. The molecule has 3 aromatic heterocycles. The van der Waals surface area contributed by atoms with Gasteiger partial charge in [-0.1, -0.05) is 41.0 Å². The van der Waals surface area contributed by atoms with Gasteiger partial charge < -0.3 is 14.0 Å². The van der Waals surface area contributed by atoms with E-state index in [9.17, 15) is 9.59 Å². The molecule has 1 aliphatic rings. The number of fused-ring (bicyclic) bond motifs is 2. The highest BCUT2D eigenvalue weighted by Crippen LogP contribution is 2.24. The lowest BCUT2D eigenvalue weighted by Gasteiger charge is -2.29. The monoisotopic (exact) mass is 511 g/mol. The molecule has 0 atom stereocenters. The second kappa shape index (κ2) is 9.29. The number of halogens is 1. The van der Waals surface area contributed by atoms with Crippen molar-refractivity contribution < 1.29 is 9.32 Å². The maximum atomic E-state index is 13.4. The molecule has 1 amide bonds.